The molecule has 0 bridgehead atoms. The van der Waals surface area contributed by atoms with Crippen LogP contribution in [0.4, 0.5) is 0 Å². The first-order chi connectivity index (χ1) is 36.4. The number of nitrogens with zero attached hydrogens (tertiary/aromatic N) is 8. The third-order valence-corrected chi connectivity index (χ3v) is 14.3. The highest BCUT2D eigenvalue weighted by molar-refractivity contribution is 6.12. The molecule has 2 heterocycles. The van der Waals surface area contributed by atoms with Crippen molar-refractivity contribution in [2.45, 2.75) is 12.8 Å². The molecule has 74 heavy (non-hydrogen) atoms. The highest BCUT2D eigenvalue weighted by Crippen LogP contribution is 2.45. The second-order valence-electron chi connectivity index (χ2n) is 18.3. The Bertz CT molecular complexity index is 4330. The van der Waals surface area contributed by atoms with Gasteiger partial charge in [-0.15, -0.1) is 0 Å². The van der Waals surface area contributed by atoms with E-state index in [0.717, 1.165) is 112 Å². The zero-order valence-corrected chi connectivity index (χ0v) is 39.5. The zero-order valence-electron chi connectivity index (χ0n) is 39.5. The second-order valence-corrected chi connectivity index (χ2v) is 18.3. The van der Waals surface area contributed by atoms with E-state index in [9.17, 15) is 31.6 Å². The molecule has 8 nitrogen and oxygen atoms in total. The molecule has 1 aliphatic rings. The molecular formula is C66H36N8. The molecule has 0 amide bonds. The molecule has 0 fully saturated rings. The van der Waals surface area contributed by atoms with Crippen molar-refractivity contribution >= 4 is 44.4 Å². The van der Waals surface area contributed by atoms with Crippen molar-refractivity contribution < 1.29 is 0 Å². The SMILES string of the molecule is N#Cc1ccc(C2=Cc3c(n(-c4cc(-c5cccc(C#N)c5)c(-n5c6ccc(-c7ccc(C#N)cc7)cc6c6cc(-c7ccc(C#N)cc7)ccc65)cc4C#N)c4ccc(-c5ccc(C#N)cc5)cc34)CC2)cc1. The lowest BCUT2D eigenvalue weighted by Crippen LogP contribution is -2.08. The number of allylic oxidation sites excluding steroid dienone is 1. The number of benzene rings is 9. The molecule has 340 valence electrons. The number of hydrogen-bond acceptors (Lipinski definition) is 6. The lowest BCUT2D eigenvalue weighted by molar-refractivity contribution is 0.896. The summed E-state index contributed by atoms with van der Waals surface area (Å²) < 4.78 is 4.45. The fraction of sp³-hybridized carbons (Fsp3) is 0.0303. The summed E-state index contributed by atoms with van der Waals surface area (Å²) in [4.78, 5) is 0. The lowest BCUT2D eigenvalue weighted by Gasteiger charge is -2.21. The van der Waals surface area contributed by atoms with Crippen LogP contribution < -0.4 is 0 Å². The zero-order chi connectivity index (χ0) is 50.5. The van der Waals surface area contributed by atoms with Crippen LogP contribution in [-0.4, -0.2) is 9.13 Å². The van der Waals surface area contributed by atoms with Crippen LogP contribution in [0.5, 0.6) is 0 Å². The van der Waals surface area contributed by atoms with E-state index in [2.05, 4.69) is 112 Å². The van der Waals surface area contributed by atoms with E-state index in [4.69, 9.17) is 0 Å². The number of rotatable bonds is 7. The van der Waals surface area contributed by atoms with Crippen molar-refractivity contribution in [3.8, 4) is 92.3 Å². The fourth-order valence-corrected chi connectivity index (χ4v) is 10.6. The molecule has 9 aromatic carbocycles. The summed E-state index contributed by atoms with van der Waals surface area (Å²) in [5, 5.41) is 62.9. The molecule has 0 unspecified atom stereocenters. The van der Waals surface area contributed by atoms with Crippen LogP contribution in [0, 0.1) is 68.0 Å². The minimum Gasteiger partial charge on any atom is -0.312 e. The van der Waals surface area contributed by atoms with Gasteiger partial charge in [0, 0.05) is 33.0 Å². The Kier molecular flexibility index (Phi) is 10.8. The molecule has 1 aliphatic carbocycles. The smallest absolute Gasteiger partial charge is 0.101 e. The molecule has 0 saturated carbocycles. The van der Waals surface area contributed by atoms with Gasteiger partial charge < -0.3 is 9.13 Å². The van der Waals surface area contributed by atoms with Crippen LogP contribution >= 0.6 is 0 Å². The molecule has 0 aliphatic heterocycles. The lowest BCUT2D eigenvalue weighted by atomic mass is 9.90. The first-order valence-electron chi connectivity index (χ1n) is 23.9. The van der Waals surface area contributed by atoms with Crippen LogP contribution in [0.1, 0.15) is 56.6 Å². The summed E-state index contributed by atoms with van der Waals surface area (Å²) in [6.45, 7) is 0. The fourth-order valence-electron chi connectivity index (χ4n) is 10.6. The Morgan fingerprint density at radius 2 is 0.770 bits per heavy atom. The predicted octanol–water partition coefficient (Wildman–Crippen LogP) is 15.1. The Hall–Kier alpha value is -11.0. The van der Waals surface area contributed by atoms with E-state index >= 15 is 0 Å². The minimum absolute atomic E-state index is 0.455. The molecule has 11 aromatic rings. The number of aromatic nitrogens is 2. The summed E-state index contributed by atoms with van der Waals surface area (Å²) >= 11 is 0. The van der Waals surface area contributed by atoms with E-state index < -0.39 is 0 Å². The topological polar surface area (TPSA) is 153 Å². The van der Waals surface area contributed by atoms with Gasteiger partial charge in [0.15, 0.2) is 0 Å². The van der Waals surface area contributed by atoms with Crippen LogP contribution in [-0.2, 0) is 6.42 Å². The van der Waals surface area contributed by atoms with Crippen molar-refractivity contribution in [1.29, 1.82) is 31.6 Å². The summed E-state index contributed by atoms with van der Waals surface area (Å²) in [5.41, 5.74) is 19.2. The standard InChI is InChI=1S/C66H36N8/c67-35-41-4-12-46(13-5-41)50-20-24-61-57(29-50)58-30-51(47-14-6-42(36-68)7-15-47)21-25-62(58)73(61)65-34-56(54-3-1-2-45(28-54)39-71)66(33-55(65)40-72)74-63-26-22-52(48-16-8-43(37-69)9-17-48)31-59(63)60-32-53(23-27-64(60)74)49-18-10-44(38-70)11-19-49/h1-20,22-24,26-34H,21,25H2. The maximum atomic E-state index is 11.4. The average Bonchev–Trinajstić information content (AvgIpc) is 3.99. The first-order valence-corrected chi connectivity index (χ1v) is 23.9. The quantitative estimate of drug-likeness (QED) is 0.155. The van der Waals surface area contributed by atoms with Gasteiger partial charge in [0.05, 0.1) is 91.7 Å². The highest BCUT2D eigenvalue weighted by Gasteiger charge is 2.27. The summed E-state index contributed by atoms with van der Waals surface area (Å²) in [5.74, 6) is 0. The monoisotopic (exact) mass is 940 g/mol. The average molecular weight is 941 g/mol. The van der Waals surface area contributed by atoms with Crippen LogP contribution in [0.3, 0.4) is 0 Å². The van der Waals surface area contributed by atoms with Gasteiger partial charge in [-0.2, -0.15) is 31.6 Å². The van der Waals surface area contributed by atoms with E-state index in [1.165, 1.54) is 0 Å². The molecule has 8 heteroatoms. The van der Waals surface area contributed by atoms with Crippen molar-refractivity contribution in [3.63, 3.8) is 0 Å². The van der Waals surface area contributed by atoms with Gasteiger partial charge in [0.1, 0.15) is 6.07 Å². The first kappa shape index (κ1) is 44.2. The van der Waals surface area contributed by atoms with Crippen molar-refractivity contribution in [2.24, 2.45) is 0 Å². The third-order valence-electron chi connectivity index (χ3n) is 14.3. The van der Waals surface area contributed by atoms with E-state index in [1.54, 1.807) is 6.07 Å². The summed E-state index contributed by atoms with van der Waals surface area (Å²) in [6, 6.07) is 75.1. The predicted molar refractivity (Wildman–Crippen MR) is 290 cm³/mol. The van der Waals surface area contributed by atoms with Crippen molar-refractivity contribution in [1.82, 2.24) is 9.13 Å². The second kappa shape index (κ2) is 18.1. The number of hydrogen-bond donors (Lipinski definition) is 0. The Morgan fingerprint density at radius 3 is 1.24 bits per heavy atom. The molecular weight excluding hydrogens is 905 g/mol. The Balaban J connectivity index is 1.12. The Morgan fingerprint density at radius 1 is 0.324 bits per heavy atom. The van der Waals surface area contributed by atoms with Gasteiger partial charge >= 0.3 is 0 Å². The maximum Gasteiger partial charge on any atom is 0.101 e. The molecule has 12 rings (SSSR count). The van der Waals surface area contributed by atoms with Gasteiger partial charge in [-0.3, -0.25) is 0 Å². The van der Waals surface area contributed by atoms with Gasteiger partial charge in [0.25, 0.3) is 0 Å². The minimum atomic E-state index is 0.455. The van der Waals surface area contributed by atoms with E-state index in [-0.39, 0.29) is 0 Å². The van der Waals surface area contributed by atoms with Gasteiger partial charge in [-0.05, 0) is 178 Å². The van der Waals surface area contributed by atoms with Crippen molar-refractivity contribution in [3.05, 3.63) is 238 Å². The summed E-state index contributed by atoms with van der Waals surface area (Å²) in [6.07, 6.45) is 3.64. The maximum absolute atomic E-state index is 11.4. The van der Waals surface area contributed by atoms with E-state index in [1.807, 2.05) is 121 Å². The van der Waals surface area contributed by atoms with Crippen molar-refractivity contribution in [2.75, 3.05) is 0 Å². The highest BCUT2D eigenvalue weighted by atomic mass is 15.0. The van der Waals surface area contributed by atoms with Crippen LogP contribution in [0.25, 0.3) is 100 Å². The Labute approximate surface area is 426 Å². The molecule has 2 aromatic heterocycles. The number of fused-ring (bicyclic) bond motifs is 6. The molecule has 0 radical (unpaired) electrons. The largest absolute Gasteiger partial charge is 0.312 e. The normalized spacial score (nSPS) is 11.7. The molecule has 0 N–H and O–H groups in total. The molecule has 0 saturated heterocycles. The molecule has 0 spiro atoms. The van der Waals surface area contributed by atoms with Gasteiger partial charge in [0.2, 0.25) is 0 Å². The number of nitriles is 6. The summed E-state index contributed by atoms with van der Waals surface area (Å²) in [7, 11) is 0. The third kappa shape index (κ3) is 7.51. The van der Waals surface area contributed by atoms with Crippen LogP contribution in [0.2, 0.25) is 0 Å². The van der Waals surface area contributed by atoms with Gasteiger partial charge in [-0.25, -0.2) is 0 Å². The van der Waals surface area contributed by atoms with E-state index in [0.29, 0.717) is 45.5 Å². The molecule has 0 atom stereocenters. The van der Waals surface area contributed by atoms with Crippen LogP contribution in [0.15, 0.2) is 188 Å². The van der Waals surface area contributed by atoms with Gasteiger partial charge in [-0.1, -0.05) is 78.9 Å².